The highest BCUT2D eigenvalue weighted by molar-refractivity contribution is 7.94. The number of thiophene rings is 1. The summed E-state index contributed by atoms with van der Waals surface area (Å²) in [6.45, 7) is 1.58. The zero-order chi connectivity index (χ0) is 17.4. The van der Waals surface area contributed by atoms with E-state index in [-0.39, 0.29) is 16.9 Å². The Morgan fingerprint density at radius 1 is 1.12 bits per heavy atom. The molecule has 132 valence electrons. The monoisotopic (exact) mass is 380 g/mol. The van der Waals surface area contributed by atoms with Gasteiger partial charge in [0, 0.05) is 24.5 Å². The van der Waals surface area contributed by atoms with Gasteiger partial charge in [0.2, 0.25) is 6.79 Å². The number of ether oxygens (including phenoxy) is 2. The molecule has 0 unspecified atom stereocenters. The van der Waals surface area contributed by atoms with Gasteiger partial charge in [-0.05, 0) is 31.0 Å². The highest BCUT2D eigenvalue weighted by Gasteiger charge is 2.24. The molecule has 7 nitrogen and oxygen atoms in total. The quantitative estimate of drug-likeness (QED) is 0.881. The molecule has 0 aliphatic carbocycles. The number of rotatable bonds is 4. The Morgan fingerprint density at radius 2 is 1.88 bits per heavy atom. The summed E-state index contributed by atoms with van der Waals surface area (Å²) < 4.78 is 38.2. The minimum Gasteiger partial charge on any atom is -0.454 e. The summed E-state index contributed by atoms with van der Waals surface area (Å²) in [6, 6.07) is 6.26. The van der Waals surface area contributed by atoms with Crippen LogP contribution in [0.3, 0.4) is 0 Å². The van der Waals surface area contributed by atoms with Crippen LogP contribution in [0.25, 0.3) is 0 Å². The molecule has 1 saturated heterocycles. The van der Waals surface area contributed by atoms with Crippen molar-refractivity contribution in [3.8, 4) is 11.5 Å². The van der Waals surface area contributed by atoms with Gasteiger partial charge in [-0.2, -0.15) is 0 Å². The first kappa shape index (κ1) is 16.2. The van der Waals surface area contributed by atoms with E-state index in [1.165, 1.54) is 6.07 Å². The van der Waals surface area contributed by atoms with Crippen molar-refractivity contribution in [2.45, 2.75) is 17.1 Å². The average Bonchev–Trinajstić information content (AvgIpc) is 3.33. The van der Waals surface area contributed by atoms with Gasteiger partial charge in [-0.1, -0.05) is 0 Å². The van der Waals surface area contributed by atoms with Crippen LogP contribution in [0, 0.1) is 0 Å². The molecule has 2 aliphatic heterocycles. The van der Waals surface area contributed by atoms with E-state index < -0.39 is 10.0 Å². The number of carbonyl (C=O) groups is 1. The van der Waals surface area contributed by atoms with Crippen LogP contribution in [0.2, 0.25) is 0 Å². The van der Waals surface area contributed by atoms with Crippen molar-refractivity contribution in [2.75, 3.05) is 24.6 Å². The standard InChI is InChI=1S/C16H16N2O5S2/c19-16(18-5-1-2-6-18)11-7-15(24-9-11)25(20,21)17-12-3-4-13-14(8-12)23-10-22-13/h3-4,7-9,17H,1-2,5-6,10H2. The Morgan fingerprint density at radius 3 is 2.68 bits per heavy atom. The molecule has 1 aromatic heterocycles. The summed E-state index contributed by atoms with van der Waals surface area (Å²) >= 11 is 1.03. The minimum atomic E-state index is -3.77. The lowest BCUT2D eigenvalue weighted by Gasteiger charge is -2.13. The number of fused-ring (bicyclic) bond motifs is 1. The van der Waals surface area contributed by atoms with Crippen LogP contribution >= 0.6 is 11.3 Å². The van der Waals surface area contributed by atoms with Gasteiger partial charge < -0.3 is 14.4 Å². The highest BCUT2D eigenvalue weighted by atomic mass is 32.2. The van der Waals surface area contributed by atoms with Gasteiger partial charge in [0.05, 0.1) is 11.3 Å². The molecule has 0 radical (unpaired) electrons. The van der Waals surface area contributed by atoms with Crippen molar-refractivity contribution in [3.05, 3.63) is 35.2 Å². The highest BCUT2D eigenvalue weighted by Crippen LogP contribution is 2.35. The Balaban J connectivity index is 1.53. The third-order valence-electron chi connectivity index (χ3n) is 4.11. The molecule has 3 heterocycles. The summed E-state index contributed by atoms with van der Waals surface area (Å²) in [5, 5.41) is 1.59. The molecule has 0 spiro atoms. The zero-order valence-electron chi connectivity index (χ0n) is 13.2. The normalized spacial score (nSPS) is 16.2. The van der Waals surface area contributed by atoms with Crippen molar-refractivity contribution in [1.29, 1.82) is 0 Å². The van der Waals surface area contributed by atoms with Crippen LogP contribution in [0.1, 0.15) is 23.2 Å². The average molecular weight is 380 g/mol. The van der Waals surface area contributed by atoms with E-state index in [0.29, 0.717) is 22.7 Å². The first-order chi connectivity index (χ1) is 12.0. The van der Waals surface area contributed by atoms with E-state index in [0.717, 1.165) is 37.3 Å². The number of likely N-dealkylation sites (tertiary alicyclic amines) is 1. The Hall–Kier alpha value is -2.26. The van der Waals surface area contributed by atoms with Crippen LogP contribution in [0.15, 0.2) is 33.9 Å². The third kappa shape index (κ3) is 3.16. The van der Waals surface area contributed by atoms with E-state index in [1.54, 1.807) is 28.5 Å². The van der Waals surface area contributed by atoms with Gasteiger partial charge in [0.1, 0.15) is 4.21 Å². The molecule has 1 aromatic carbocycles. The number of amides is 1. The lowest BCUT2D eigenvalue weighted by Crippen LogP contribution is -2.27. The number of carbonyl (C=O) groups excluding carboxylic acids is 1. The number of anilines is 1. The van der Waals surface area contributed by atoms with Crippen molar-refractivity contribution in [3.63, 3.8) is 0 Å². The maximum absolute atomic E-state index is 12.6. The SMILES string of the molecule is O=C(c1csc(S(=O)(=O)Nc2ccc3c(c2)OCO3)c1)N1CCCC1. The maximum Gasteiger partial charge on any atom is 0.271 e. The Bertz CT molecular complexity index is 916. The molecule has 9 heteroatoms. The van der Waals surface area contributed by atoms with Gasteiger partial charge in [-0.15, -0.1) is 11.3 Å². The van der Waals surface area contributed by atoms with Crippen LogP contribution < -0.4 is 14.2 Å². The van der Waals surface area contributed by atoms with Crippen LogP contribution in [0.4, 0.5) is 5.69 Å². The van der Waals surface area contributed by atoms with E-state index in [1.807, 2.05) is 0 Å². The maximum atomic E-state index is 12.6. The predicted molar refractivity (Wildman–Crippen MR) is 92.8 cm³/mol. The number of hydrogen-bond acceptors (Lipinski definition) is 6. The molecule has 25 heavy (non-hydrogen) atoms. The largest absolute Gasteiger partial charge is 0.454 e. The Labute approximate surface area is 149 Å². The van der Waals surface area contributed by atoms with Crippen LogP contribution in [0.5, 0.6) is 11.5 Å². The van der Waals surface area contributed by atoms with Crippen LogP contribution in [-0.4, -0.2) is 39.1 Å². The lowest BCUT2D eigenvalue weighted by atomic mass is 10.3. The van der Waals surface area contributed by atoms with Gasteiger partial charge in [0.25, 0.3) is 15.9 Å². The zero-order valence-corrected chi connectivity index (χ0v) is 14.9. The summed E-state index contributed by atoms with van der Waals surface area (Å²) in [7, 11) is -3.77. The van der Waals surface area contributed by atoms with E-state index >= 15 is 0 Å². The fourth-order valence-corrected chi connectivity index (χ4v) is 5.04. The van der Waals surface area contributed by atoms with Crippen LogP contribution in [-0.2, 0) is 10.0 Å². The molecule has 1 amide bonds. The van der Waals surface area contributed by atoms with Gasteiger partial charge >= 0.3 is 0 Å². The molecule has 0 saturated carbocycles. The Kier molecular flexibility index (Phi) is 4.04. The molecule has 0 atom stereocenters. The molecule has 2 aromatic rings. The van der Waals surface area contributed by atoms with Crippen molar-refractivity contribution < 1.29 is 22.7 Å². The van der Waals surface area contributed by atoms with E-state index in [4.69, 9.17) is 9.47 Å². The molecule has 1 N–H and O–H groups in total. The molecule has 4 rings (SSSR count). The van der Waals surface area contributed by atoms with Crippen molar-refractivity contribution in [2.24, 2.45) is 0 Å². The van der Waals surface area contributed by atoms with Gasteiger partial charge in [-0.3, -0.25) is 9.52 Å². The number of nitrogens with one attached hydrogen (secondary N) is 1. The second kappa shape index (κ2) is 6.23. The lowest BCUT2D eigenvalue weighted by molar-refractivity contribution is 0.0793. The second-order valence-electron chi connectivity index (χ2n) is 5.83. The first-order valence-corrected chi connectivity index (χ1v) is 10.2. The van der Waals surface area contributed by atoms with Crippen molar-refractivity contribution >= 4 is 33.0 Å². The molecular weight excluding hydrogens is 364 g/mol. The summed E-state index contributed by atoms with van der Waals surface area (Å²) in [4.78, 5) is 14.1. The van der Waals surface area contributed by atoms with E-state index in [9.17, 15) is 13.2 Å². The van der Waals surface area contributed by atoms with E-state index in [2.05, 4.69) is 4.72 Å². The fraction of sp³-hybridized carbons (Fsp3) is 0.312. The minimum absolute atomic E-state index is 0.104. The molecular formula is C16H16N2O5S2. The summed E-state index contributed by atoms with van der Waals surface area (Å²) in [5.74, 6) is 0.965. The topological polar surface area (TPSA) is 84.9 Å². The summed E-state index contributed by atoms with van der Waals surface area (Å²) in [5.41, 5.74) is 0.794. The number of nitrogens with zero attached hydrogens (tertiary/aromatic N) is 1. The molecule has 1 fully saturated rings. The first-order valence-electron chi connectivity index (χ1n) is 7.83. The van der Waals surface area contributed by atoms with Crippen molar-refractivity contribution in [1.82, 2.24) is 4.90 Å². The second-order valence-corrected chi connectivity index (χ2v) is 8.65. The molecule has 0 bridgehead atoms. The number of hydrogen-bond donors (Lipinski definition) is 1. The predicted octanol–water partition coefficient (Wildman–Crippen LogP) is 2.51. The summed E-state index contributed by atoms with van der Waals surface area (Å²) in [6.07, 6.45) is 1.99. The number of benzene rings is 1. The number of sulfonamides is 1. The van der Waals surface area contributed by atoms with Gasteiger partial charge in [-0.25, -0.2) is 8.42 Å². The smallest absolute Gasteiger partial charge is 0.271 e. The van der Waals surface area contributed by atoms with Gasteiger partial charge in [0.15, 0.2) is 11.5 Å². The third-order valence-corrected chi connectivity index (χ3v) is 6.93. The molecule has 2 aliphatic rings. The fourth-order valence-electron chi connectivity index (χ4n) is 2.84.